The van der Waals surface area contributed by atoms with Gasteiger partial charge in [-0.15, -0.1) is 0 Å². The van der Waals surface area contributed by atoms with Crippen molar-refractivity contribution < 1.29 is 14.7 Å². The van der Waals surface area contributed by atoms with E-state index in [1.807, 2.05) is 0 Å². The topological polar surface area (TPSA) is 80.4 Å². The van der Waals surface area contributed by atoms with Gasteiger partial charge in [-0.3, -0.25) is 9.59 Å². The fourth-order valence-electron chi connectivity index (χ4n) is 3.10. The molecule has 0 radical (unpaired) electrons. The van der Waals surface area contributed by atoms with Crippen molar-refractivity contribution in [3.05, 3.63) is 0 Å². The van der Waals surface area contributed by atoms with Gasteiger partial charge in [0.2, 0.25) is 5.91 Å². The van der Waals surface area contributed by atoms with E-state index in [9.17, 15) is 9.59 Å². The van der Waals surface area contributed by atoms with Gasteiger partial charge in [-0.1, -0.05) is 65.2 Å². The molecule has 0 aliphatic heterocycles. The lowest BCUT2D eigenvalue weighted by atomic mass is 9.73. The van der Waals surface area contributed by atoms with Crippen LogP contribution in [0.5, 0.6) is 0 Å². The molecule has 0 bridgehead atoms. The highest BCUT2D eigenvalue weighted by Crippen LogP contribution is 2.37. The van der Waals surface area contributed by atoms with E-state index in [1.54, 1.807) is 0 Å². The minimum atomic E-state index is -0.796. The SMILES string of the molecule is CCCCCCC(CCCCCC)(CCCC(=O)O)C(N)=O. The average molecular weight is 313 g/mol. The summed E-state index contributed by atoms with van der Waals surface area (Å²) in [6.07, 6.45) is 11.9. The van der Waals surface area contributed by atoms with E-state index >= 15 is 0 Å². The average Bonchev–Trinajstić information content (AvgIpc) is 2.46. The predicted molar refractivity (Wildman–Crippen MR) is 90.6 cm³/mol. The van der Waals surface area contributed by atoms with Crippen LogP contribution in [-0.2, 0) is 9.59 Å². The summed E-state index contributed by atoms with van der Waals surface area (Å²) in [7, 11) is 0. The third kappa shape index (κ3) is 9.06. The third-order valence-corrected chi connectivity index (χ3v) is 4.59. The van der Waals surface area contributed by atoms with Crippen LogP contribution in [0.25, 0.3) is 0 Å². The van der Waals surface area contributed by atoms with Crippen LogP contribution in [-0.4, -0.2) is 17.0 Å². The van der Waals surface area contributed by atoms with Crippen LogP contribution >= 0.6 is 0 Å². The molecule has 4 nitrogen and oxygen atoms in total. The number of aliphatic carboxylic acids is 1. The maximum Gasteiger partial charge on any atom is 0.303 e. The molecule has 0 aromatic rings. The monoisotopic (exact) mass is 313 g/mol. The van der Waals surface area contributed by atoms with Gasteiger partial charge in [-0.2, -0.15) is 0 Å². The Bertz CT molecular complexity index is 303. The maximum absolute atomic E-state index is 12.1. The Kier molecular flexibility index (Phi) is 11.9. The number of hydrogen-bond acceptors (Lipinski definition) is 2. The van der Waals surface area contributed by atoms with E-state index in [1.165, 1.54) is 25.7 Å². The number of primary amides is 1. The Labute approximate surface area is 135 Å². The zero-order valence-corrected chi connectivity index (χ0v) is 14.5. The number of carboxylic acid groups (broad SMARTS) is 1. The summed E-state index contributed by atoms with van der Waals surface area (Å²) in [5, 5.41) is 8.82. The molecule has 1 amide bonds. The molecule has 0 atom stereocenters. The van der Waals surface area contributed by atoms with Gasteiger partial charge in [0.05, 0.1) is 0 Å². The smallest absolute Gasteiger partial charge is 0.303 e. The van der Waals surface area contributed by atoms with Gasteiger partial charge >= 0.3 is 5.97 Å². The lowest BCUT2D eigenvalue weighted by Gasteiger charge is -2.31. The summed E-state index contributed by atoms with van der Waals surface area (Å²) in [6.45, 7) is 4.33. The van der Waals surface area contributed by atoms with Crippen molar-refractivity contribution in [1.29, 1.82) is 0 Å². The summed E-state index contributed by atoms with van der Waals surface area (Å²) >= 11 is 0. The predicted octanol–water partition coefficient (Wildman–Crippen LogP) is 4.65. The summed E-state index contributed by atoms with van der Waals surface area (Å²) in [6, 6.07) is 0. The number of hydrogen-bond donors (Lipinski definition) is 2. The van der Waals surface area contributed by atoms with Gasteiger partial charge in [0.1, 0.15) is 0 Å². The molecule has 3 N–H and O–H groups in total. The van der Waals surface area contributed by atoms with Crippen LogP contribution in [0.1, 0.15) is 97.3 Å². The van der Waals surface area contributed by atoms with Crippen molar-refractivity contribution >= 4 is 11.9 Å². The molecule has 0 fully saturated rings. The van der Waals surface area contributed by atoms with Gasteiger partial charge in [0.25, 0.3) is 0 Å². The van der Waals surface area contributed by atoms with E-state index in [-0.39, 0.29) is 12.3 Å². The molecule has 0 aromatic heterocycles. The first kappa shape index (κ1) is 20.9. The van der Waals surface area contributed by atoms with Gasteiger partial charge < -0.3 is 10.8 Å². The number of amides is 1. The summed E-state index contributed by atoms with van der Waals surface area (Å²) in [4.78, 5) is 22.8. The Morgan fingerprint density at radius 2 is 1.27 bits per heavy atom. The molecule has 0 aromatic carbocycles. The molecule has 22 heavy (non-hydrogen) atoms. The standard InChI is InChI=1S/C18H35NO3/c1-3-5-7-9-13-18(17(19)22,14-10-8-6-4-2)15-11-12-16(20)21/h3-15H2,1-2H3,(H2,19,22)(H,20,21). The molecular weight excluding hydrogens is 278 g/mol. The minimum absolute atomic E-state index is 0.124. The van der Waals surface area contributed by atoms with Crippen LogP contribution in [0, 0.1) is 5.41 Å². The van der Waals surface area contributed by atoms with Crippen LogP contribution in [0.4, 0.5) is 0 Å². The summed E-state index contributed by atoms with van der Waals surface area (Å²) in [5.41, 5.74) is 5.24. The molecule has 0 aliphatic carbocycles. The molecule has 0 heterocycles. The highest BCUT2D eigenvalue weighted by molar-refractivity contribution is 5.80. The van der Waals surface area contributed by atoms with E-state index in [0.29, 0.717) is 12.8 Å². The van der Waals surface area contributed by atoms with E-state index in [4.69, 9.17) is 10.8 Å². The van der Waals surface area contributed by atoms with Crippen LogP contribution in [0.2, 0.25) is 0 Å². The fourth-order valence-corrected chi connectivity index (χ4v) is 3.10. The van der Waals surface area contributed by atoms with Gasteiger partial charge in [0.15, 0.2) is 0 Å². The van der Waals surface area contributed by atoms with Crippen LogP contribution < -0.4 is 5.73 Å². The Morgan fingerprint density at radius 3 is 1.64 bits per heavy atom. The zero-order valence-electron chi connectivity index (χ0n) is 14.5. The zero-order chi connectivity index (χ0) is 16.8. The van der Waals surface area contributed by atoms with Crippen molar-refractivity contribution in [2.75, 3.05) is 0 Å². The maximum atomic E-state index is 12.1. The van der Waals surface area contributed by atoms with Gasteiger partial charge in [0, 0.05) is 11.8 Å². The molecule has 0 spiro atoms. The highest BCUT2D eigenvalue weighted by Gasteiger charge is 2.34. The Balaban J connectivity index is 4.61. The molecule has 0 unspecified atom stereocenters. The van der Waals surface area contributed by atoms with Crippen LogP contribution in [0.15, 0.2) is 0 Å². The van der Waals surface area contributed by atoms with Crippen molar-refractivity contribution in [2.45, 2.75) is 97.3 Å². The lowest BCUT2D eigenvalue weighted by molar-refractivity contribution is -0.138. The van der Waals surface area contributed by atoms with Gasteiger partial charge in [-0.25, -0.2) is 0 Å². The second-order valence-corrected chi connectivity index (χ2v) is 6.51. The Morgan fingerprint density at radius 1 is 0.818 bits per heavy atom. The number of rotatable bonds is 15. The first-order valence-electron chi connectivity index (χ1n) is 9.00. The first-order valence-corrected chi connectivity index (χ1v) is 9.00. The molecule has 0 rings (SSSR count). The normalized spacial score (nSPS) is 11.5. The van der Waals surface area contributed by atoms with Crippen molar-refractivity contribution in [3.63, 3.8) is 0 Å². The Hall–Kier alpha value is -1.06. The molecule has 0 saturated carbocycles. The first-order chi connectivity index (χ1) is 10.5. The van der Waals surface area contributed by atoms with E-state index < -0.39 is 11.4 Å². The highest BCUT2D eigenvalue weighted by atomic mass is 16.4. The largest absolute Gasteiger partial charge is 0.481 e. The van der Waals surface area contributed by atoms with Crippen LogP contribution in [0.3, 0.4) is 0 Å². The second-order valence-electron chi connectivity index (χ2n) is 6.51. The number of carbonyl (C=O) groups is 2. The fraction of sp³-hybridized carbons (Fsp3) is 0.889. The van der Waals surface area contributed by atoms with E-state index in [2.05, 4.69) is 13.8 Å². The quantitative estimate of drug-likeness (QED) is 0.432. The number of unbranched alkanes of at least 4 members (excludes halogenated alkanes) is 6. The molecule has 0 saturated heterocycles. The van der Waals surface area contributed by atoms with Gasteiger partial charge in [-0.05, 0) is 25.7 Å². The summed E-state index contributed by atoms with van der Waals surface area (Å²) < 4.78 is 0. The second kappa shape index (κ2) is 12.5. The van der Waals surface area contributed by atoms with Crippen molar-refractivity contribution in [1.82, 2.24) is 0 Å². The molecule has 0 aliphatic rings. The third-order valence-electron chi connectivity index (χ3n) is 4.59. The van der Waals surface area contributed by atoms with E-state index in [0.717, 1.165) is 38.5 Å². The summed E-state index contributed by atoms with van der Waals surface area (Å²) in [5.74, 6) is -1.03. The molecule has 4 heteroatoms. The van der Waals surface area contributed by atoms with Crippen molar-refractivity contribution in [2.24, 2.45) is 11.1 Å². The number of carbonyl (C=O) groups excluding carboxylic acids is 1. The van der Waals surface area contributed by atoms with Crippen molar-refractivity contribution in [3.8, 4) is 0 Å². The number of nitrogens with two attached hydrogens (primary N) is 1. The minimum Gasteiger partial charge on any atom is -0.481 e. The molecular formula is C18H35NO3. The lowest BCUT2D eigenvalue weighted by Crippen LogP contribution is -2.37. The molecule has 130 valence electrons. The number of carboxylic acids is 1.